The maximum absolute atomic E-state index is 13.0. The van der Waals surface area contributed by atoms with E-state index in [1.807, 2.05) is 13.8 Å². The van der Waals surface area contributed by atoms with E-state index >= 15 is 0 Å². The van der Waals surface area contributed by atoms with E-state index in [2.05, 4.69) is 0 Å². The Kier molecular flexibility index (Phi) is 9.06. The number of carbonyl (C=O) groups is 1. The minimum absolute atomic E-state index is 0.00285. The molecule has 0 saturated carbocycles. The van der Waals surface area contributed by atoms with Gasteiger partial charge in [-0.3, -0.25) is 4.79 Å². The van der Waals surface area contributed by atoms with Crippen molar-refractivity contribution in [2.24, 2.45) is 0 Å². The molecule has 204 valence electrons. The molecular formula is C28H33NO8S. The summed E-state index contributed by atoms with van der Waals surface area (Å²) in [7, 11) is 2.95. The number of piperidine rings is 1. The van der Waals surface area contributed by atoms with Crippen molar-refractivity contribution >= 4 is 28.8 Å². The molecule has 1 aliphatic heterocycles. The van der Waals surface area contributed by atoms with Gasteiger partial charge in [0.05, 0.1) is 20.3 Å². The van der Waals surface area contributed by atoms with Gasteiger partial charge < -0.3 is 33.4 Å². The van der Waals surface area contributed by atoms with Crippen molar-refractivity contribution in [3.8, 4) is 23.0 Å². The number of carbonyl (C=O) groups excluding carboxylic acids is 1. The van der Waals surface area contributed by atoms with Crippen LogP contribution < -0.4 is 24.4 Å². The van der Waals surface area contributed by atoms with Crippen molar-refractivity contribution in [1.82, 2.24) is 4.90 Å². The zero-order valence-electron chi connectivity index (χ0n) is 22.0. The summed E-state index contributed by atoms with van der Waals surface area (Å²) >= 11 is 1.26. The van der Waals surface area contributed by atoms with Crippen LogP contribution in [0.4, 0.5) is 4.79 Å². The Morgan fingerprint density at radius 1 is 1.13 bits per heavy atom. The third kappa shape index (κ3) is 6.19. The molecule has 0 bridgehead atoms. The fraction of sp³-hybridized carbons (Fsp3) is 0.429. The van der Waals surface area contributed by atoms with E-state index in [0.717, 1.165) is 24.2 Å². The van der Waals surface area contributed by atoms with Gasteiger partial charge in [0, 0.05) is 36.2 Å². The Morgan fingerprint density at radius 3 is 2.53 bits per heavy atom. The molecule has 9 nitrogen and oxygen atoms in total. The van der Waals surface area contributed by atoms with Crippen molar-refractivity contribution in [2.75, 3.05) is 27.4 Å². The van der Waals surface area contributed by atoms with Gasteiger partial charge in [0.1, 0.15) is 16.7 Å². The summed E-state index contributed by atoms with van der Waals surface area (Å²) in [4.78, 5) is 28.3. The van der Waals surface area contributed by atoms with E-state index in [1.54, 1.807) is 35.2 Å². The zero-order chi connectivity index (χ0) is 27.2. The largest absolute Gasteiger partial charge is 0.492 e. The predicted octanol–water partition coefficient (Wildman–Crippen LogP) is 5.48. The SMILES string of the molecule is COc1c(OC(C)C)cc2oc(Sc3ccc(OC(=O)N4CCCCC4CCO)cc3)cc(=O)c2c1OC. The second-order valence-electron chi connectivity index (χ2n) is 9.21. The molecule has 1 aromatic heterocycles. The van der Waals surface area contributed by atoms with Gasteiger partial charge >= 0.3 is 6.09 Å². The van der Waals surface area contributed by atoms with Crippen LogP contribution in [0.3, 0.4) is 0 Å². The van der Waals surface area contributed by atoms with Crippen molar-refractivity contribution in [3.63, 3.8) is 0 Å². The maximum atomic E-state index is 13.0. The molecule has 0 spiro atoms. The van der Waals surface area contributed by atoms with Crippen molar-refractivity contribution in [3.05, 3.63) is 46.6 Å². The Bertz CT molecular complexity index is 1320. The summed E-state index contributed by atoms with van der Waals surface area (Å²) in [5, 5.41) is 9.96. The Balaban J connectivity index is 1.54. The number of aliphatic hydroxyl groups is 1. The molecule has 38 heavy (non-hydrogen) atoms. The molecule has 1 aliphatic rings. The first-order valence-electron chi connectivity index (χ1n) is 12.6. The molecule has 1 amide bonds. The van der Waals surface area contributed by atoms with Gasteiger partial charge in [-0.1, -0.05) is 11.8 Å². The summed E-state index contributed by atoms with van der Waals surface area (Å²) in [6, 6.07) is 10.0. The molecule has 1 saturated heterocycles. The van der Waals surface area contributed by atoms with Crippen molar-refractivity contribution in [2.45, 2.75) is 61.7 Å². The number of hydrogen-bond donors (Lipinski definition) is 1. The predicted molar refractivity (Wildman–Crippen MR) is 144 cm³/mol. The molecule has 10 heteroatoms. The van der Waals surface area contributed by atoms with E-state index in [9.17, 15) is 14.7 Å². The van der Waals surface area contributed by atoms with Gasteiger partial charge in [0.2, 0.25) is 5.75 Å². The van der Waals surface area contributed by atoms with Gasteiger partial charge in [-0.25, -0.2) is 4.79 Å². The lowest BCUT2D eigenvalue weighted by atomic mass is 10.0. The number of benzene rings is 2. The van der Waals surface area contributed by atoms with Crippen LogP contribution in [0, 0.1) is 0 Å². The number of aliphatic hydroxyl groups excluding tert-OH is 1. The Morgan fingerprint density at radius 2 is 1.87 bits per heavy atom. The third-order valence-corrected chi connectivity index (χ3v) is 7.12. The quantitative estimate of drug-likeness (QED) is 0.375. The summed E-state index contributed by atoms with van der Waals surface area (Å²) in [6.45, 7) is 4.44. The number of rotatable bonds is 9. The standard InChI is InChI=1S/C28H33NO8S/c1-17(2)35-23-16-22-25(27(34-4)26(23)33-3)21(31)15-24(37-22)38-20-10-8-19(9-11-20)36-28(32)29-13-6-5-7-18(29)12-14-30/h8-11,15-18,30H,5-7,12-14H2,1-4H3. The zero-order valence-corrected chi connectivity index (χ0v) is 22.8. The normalized spacial score (nSPS) is 15.5. The van der Waals surface area contributed by atoms with Gasteiger partial charge in [0.15, 0.2) is 22.0 Å². The maximum Gasteiger partial charge on any atom is 0.415 e. The lowest BCUT2D eigenvalue weighted by Crippen LogP contribution is -2.45. The Hall–Kier alpha value is -3.37. The van der Waals surface area contributed by atoms with Gasteiger partial charge in [-0.15, -0.1) is 0 Å². The molecule has 0 aliphatic carbocycles. The van der Waals surface area contributed by atoms with Gasteiger partial charge in [0.25, 0.3) is 0 Å². The molecule has 1 fully saturated rings. The van der Waals surface area contributed by atoms with E-state index in [0.29, 0.717) is 40.9 Å². The minimum Gasteiger partial charge on any atom is -0.492 e. The summed E-state index contributed by atoms with van der Waals surface area (Å²) in [5.74, 6) is 1.42. The fourth-order valence-electron chi connectivity index (χ4n) is 4.55. The summed E-state index contributed by atoms with van der Waals surface area (Å²) in [5.41, 5.74) is 0.0438. The number of hydrogen-bond acceptors (Lipinski definition) is 9. The second kappa shape index (κ2) is 12.4. The van der Waals surface area contributed by atoms with Crippen LogP contribution in [0.5, 0.6) is 23.0 Å². The lowest BCUT2D eigenvalue weighted by molar-refractivity contribution is 0.100. The molecule has 4 rings (SSSR count). The first-order valence-corrected chi connectivity index (χ1v) is 13.4. The number of ether oxygens (including phenoxy) is 4. The van der Waals surface area contributed by atoms with E-state index < -0.39 is 6.09 Å². The first-order chi connectivity index (χ1) is 18.3. The van der Waals surface area contributed by atoms with Gasteiger partial charge in [-0.2, -0.15) is 0 Å². The van der Waals surface area contributed by atoms with E-state index in [1.165, 1.54) is 32.0 Å². The highest BCUT2D eigenvalue weighted by Crippen LogP contribution is 2.43. The molecule has 1 unspecified atom stereocenters. The highest BCUT2D eigenvalue weighted by molar-refractivity contribution is 7.99. The second-order valence-corrected chi connectivity index (χ2v) is 10.3. The summed E-state index contributed by atoms with van der Waals surface area (Å²) in [6.07, 6.45) is 2.84. The Labute approximate surface area is 225 Å². The lowest BCUT2D eigenvalue weighted by Gasteiger charge is -2.34. The third-order valence-electron chi connectivity index (χ3n) is 6.21. The molecular weight excluding hydrogens is 510 g/mol. The van der Waals surface area contributed by atoms with Crippen LogP contribution in [0.15, 0.2) is 55.6 Å². The topological polar surface area (TPSA) is 108 Å². The molecule has 3 aromatic rings. The number of likely N-dealkylation sites (tertiary alicyclic amines) is 1. The number of methoxy groups -OCH3 is 2. The molecule has 1 N–H and O–H groups in total. The monoisotopic (exact) mass is 543 g/mol. The fourth-order valence-corrected chi connectivity index (χ4v) is 5.35. The molecule has 0 radical (unpaired) electrons. The van der Waals surface area contributed by atoms with Crippen LogP contribution in [0.2, 0.25) is 0 Å². The van der Waals surface area contributed by atoms with E-state index in [-0.39, 0.29) is 35.3 Å². The van der Waals surface area contributed by atoms with Crippen LogP contribution >= 0.6 is 11.8 Å². The number of amides is 1. The summed E-state index contributed by atoms with van der Waals surface area (Å²) < 4.78 is 28.5. The molecule has 2 aromatic carbocycles. The smallest absolute Gasteiger partial charge is 0.415 e. The number of nitrogens with zero attached hydrogens (tertiary/aromatic N) is 1. The van der Waals surface area contributed by atoms with Crippen LogP contribution in [-0.4, -0.2) is 55.6 Å². The van der Waals surface area contributed by atoms with Crippen molar-refractivity contribution < 1.29 is 33.3 Å². The molecule has 2 heterocycles. The van der Waals surface area contributed by atoms with Gasteiger partial charge in [-0.05, 0) is 63.8 Å². The van der Waals surface area contributed by atoms with E-state index in [4.69, 9.17) is 23.4 Å². The highest BCUT2D eigenvalue weighted by Gasteiger charge is 2.28. The molecule has 1 atom stereocenters. The first kappa shape index (κ1) is 27.7. The average Bonchev–Trinajstić information content (AvgIpc) is 2.89. The van der Waals surface area contributed by atoms with Crippen LogP contribution in [0.25, 0.3) is 11.0 Å². The van der Waals surface area contributed by atoms with Crippen molar-refractivity contribution in [1.29, 1.82) is 0 Å². The average molecular weight is 544 g/mol. The highest BCUT2D eigenvalue weighted by atomic mass is 32.2. The van der Waals surface area contributed by atoms with Crippen LogP contribution in [-0.2, 0) is 0 Å². The van der Waals surface area contributed by atoms with Crippen LogP contribution in [0.1, 0.15) is 39.5 Å². The minimum atomic E-state index is -0.409. The number of fused-ring (bicyclic) bond motifs is 1.